The lowest BCUT2D eigenvalue weighted by Crippen LogP contribution is -2.14. The van der Waals surface area contributed by atoms with E-state index < -0.39 is 0 Å². The Morgan fingerprint density at radius 3 is 2.86 bits per heavy atom. The van der Waals surface area contributed by atoms with E-state index in [1.54, 1.807) is 13.1 Å². The van der Waals surface area contributed by atoms with Crippen LogP contribution in [-0.4, -0.2) is 20.1 Å². The molecule has 0 saturated heterocycles. The van der Waals surface area contributed by atoms with Crippen LogP contribution in [0.1, 0.15) is 12.5 Å². The molecular formula is C15H12BrN3O2. The quantitative estimate of drug-likeness (QED) is 0.748. The molecule has 3 aromatic rings. The molecule has 5 nitrogen and oxygen atoms in total. The maximum Gasteiger partial charge on any atom is 0.258 e. The minimum Gasteiger partial charge on any atom is -0.493 e. The van der Waals surface area contributed by atoms with Gasteiger partial charge in [-0.15, -0.1) is 0 Å². The SMILES string of the molecule is CCc1c(O)nc(-c2ccc(Br)c3cccnc23)[nH]c1=O. The molecular weight excluding hydrogens is 334 g/mol. The van der Waals surface area contributed by atoms with Gasteiger partial charge in [-0.3, -0.25) is 9.78 Å². The van der Waals surface area contributed by atoms with Crippen LogP contribution in [0, 0.1) is 0 Å². The monoisotopic (exact) mass is 345 g/mol. The van der Waals surface area contributed by atoms with Crippen molar-refractivity contribution in [2.24, 2.45) is 0 Å². The molecule has 1 aromatic carbocycles. The second-order valence-electron chi connectivity index (χ2n) is 4.56. The fourth-order valence-corrected chi connectivity index (χ4v) is 2.71. The third-order valence-corrected chi connectivity index (χ3v) is 4.01. The molecule has 0 fully saturated rings. The largest absolute Gasteiger partial charge is 0.493 e. The number of aromatic nitrogens is 3. The molecule has 0 aliphatic rings. The van der Waals surface area contributed by atoms with Crippen molar-refractivity contribution >= 4 is 26.8 Å². The molecule has 3 rings (SSSR count). The zero-order chi connectivity index (χ0) is 15.0. The van der Waals surface area contributed by atoms with Gasteiger partial charge in [0.15, 0.2) is 0 Å². The highest BCUT2D eigenvalue weighted by Crippen LogP contribution is 2.30. The second-order valence-corrected chi connectivity index (χ2v) is 5.42. The van der Waals surface area contributed by atoms with Crippen LogP contribution in [0.3, 0.4) is 0 Å². The standard InChI is InChI=1S/C15H12BrN3O2/c1-2-8-14(20)18-13(19-15(8)21)10-5-6-11(16)9-4-3-7-17-12(9)10/h3-7H,2H2,1H3,(H2,18,19,20,21). The molecule has 0 bridgehead atoms. The number of rotatable bonds is 2. The number of benzene rings is 1. The second kappa shape index (κ2) is 5.29. The Bertz CT molecular complexity index is 890. The summed E-state index contributed by atoms with van der Waals surface area (Å²) in [4.78, 5) is 23.1. The third kappa shape index (κ3) is 2.31. The van der Waals surface area contributed by atoms with E-state index in [-0.39, 0.29) is 17.0 Å². The molecule has 2 heterocycles. The Hall–Kier alpha value is -2.21. The van der Waals surface area contributed by atoms with Crippen LogP contribution in [0.15, 0.2) is 39.7 Å². The summed E-state index contributed by atoms with van der Waals surface area (Å²) in [6, 6.07) is 7.44. The summed E-state index contributed by atoms with van der Waals surface area (Å²) in [6.07, 6.45) is 2.10. The number of hydrogen-bond donors (Lipinski definition) is 2. The van der Waals surface area contributed by atoms with E-state index in [4.69, 9.17) is 0 Å². The Morgan fingerprint density at radius 2 is 2.14 bits per heavy atom. The first kappa shape index (κ1) is 13.8. The summed E-state index contributed by atoms with van der Waals surface area (Å²) in [5, 5.41) is 10.8. The average Bonchev–Trinajstić information content (AvgIpc) is 2.47. The van der Waals surface area contributed by atoms with Crippen molar-refractivity contribution in [1.82, 2.24) is 15.0 Å². The van der Waals surface area contributed by atoms with Gasteiger partial charge in [0, 0.05) is 21.6 Å². The van der Waals surface area contributed by atoms with E-state index in [0.717, 1.165) is 9.86 Å². The maximum absolute atomic E-state index is 12.0. The van der Waals surface area contributed by atoms with Crippen molar-refractivity contribution in [3.8, 4) is 17.3 Å². The molecule has 21 heavy (non-hydrogen) atoms. The smallest absolute Gasteiger partial charge is 0.258 e. The normalized spacial score (nSPS) is 11.0. The molecule has 6 heteroatoms. The van der Waals surface area contributed by atoms with Crippen LogP contribution in [-0.2, 0) is 6.42 Å². The van der Waals surface area contributed by atoms with Crippen LogP contribution in [0.2, 0.25) is 0 Å². The minimum atomic E-state index is -0.327. The van der Waals surface area contributed by atoms with Crippen molar-refractivity contribution in [2.45, 2.75) is 13.3 Å². The summed E-state index contributed by atoms with van der Waals surface area (Å²) < 4.78 is 0.908. The molecule has 0 atom stereocenters. The van der Waals surface area contributed by atoms with Gasteiger partial charge in [-0.1, -0.05) is 28.9 Å². The summed E-state index contributed by atoms with van der Waals surface area (Å²) in [6.45, 7) is 1.79. The molecule has 106 valence electrons. The van der Waals surface area contributed by atoms with Crippen LogP contribution < -0.4 is 5.56 Å². The van der Waals surface area contributed by atoms with Crippen LogP contribution >= 0.6 is 15.9 Å². The van der Waals surface area contributed by atoms with E-state index in [2.05, 4.69) is 30.9 Å². The number of fused-ring (bicyclic) bond motifs is 1. The summed E-state index contributed by atoms with van der Waals surface area (Å²) in [7, 11) is 0. The van der Waals surface area contributed by atoms with Gasteiger partial charge in [-0.05, 0) is 24.6 Å². The van der Waals surface area contributed by atoms with Crippen LogP contribution in [0.5, 0.6) is 5.88 Å². The fourth-order valence-electron chi connectivity index (χ4n) is 2.26. The van der Waals surface area contributed by atoms with E-state index in [0.29, 0.717) is 23.3 Å². The predicted octanol–water partition coefficient (Wildman–Crippen LogP) is 3.02. The zero-order valence-electron chi connectivity index (χ0n) is 11.2. The number of H-pyrrole nitrogens is 1. The number of hydrogen-bond acceptors (Lipinski definition) is 4. The van der Waals surface area contributed by atoms with Crippen molar-refractivity contribution < 1.29 is 5.11 Å². The molecule has 0 radical (unpaired) electrons. The number of pyridine rings is 1. The lowest BCUT2D eigenvalue weighted by Gasteiger charge is -2.08. The lowest BCUT2D eigenvalue weighted by atomic mass is 10.1. The van der Waals surface area contributed by atoms with Crippen molar-refractivity contribution in [3.63, 3.8) is 0 Å². The van der Waals surface area contributed by atoms with Gasteiger partial charge in [0.2, 0.25) is 5.88 Å². The van der Waals surface area contributed by atoms with Crippen molar-refractivity contribution in [2.75, 3.05) is 0 Å². The summed E-state index contributed by atoms with van der Waals surface area (Å²) >= 11 is 3.47. The number of nitrogens with zero attached hydrogens (tertiary/aromatic N) is 2. The first-order valence-electron chi connectivity index (χ1n) is 6.47. The zero-order valence-corrected chi connectivity index (χ0v) is 12.8. The van der Waals surface area contributed by atoms with Crippen LogP contribution in [0.4, 0.5) is 0 Å². The van der Waals surface area contributed by atoms with E-state index >= 15 is 0 Å². The van der Waals surface area contributed by atoms with Gasteiger partial charge < -0.3 is 10.1 Å². The summed E-state index contributed by atoms with van der Waals surface area (Å²) in [5.74, 6) is 0.0779. The highest BCUT2D eigenvalue weighted by molar-refractivity contribution is 9.10. The van der Waals surface area contributed by atoms with Gasteiger partial charge >= 0.3 is 0 Å². The molecule has 2 N–H and O–H groups in total. The third-order valence-electron chi connectivity index (χ3n) is 3.32. The Kier molecular flexibility index (Phi) is 3.47. The van der Waals surface area contributed by atoms with Gasteiger partial charge in [0.05, 0.1) is 11.1 Å². The van der Waals surface area contributed by atoms with Crippen molar-refractivity contribution in [1.29, 1.82) is 0 Å². The first-order valence-corrected chi connectivity index (χ1v) is 7.27. The topological polar surface area (TPSA) is 78.9 Å². The molecule has 2 aromatic heterocycles. The minimum absolute atomic E-state index is 0.233. The van der Waals surface area contributed by atoms with Gasteiger partial charge in [0.25, 0.3) is 5.56 Å². The number of aromatic hydroxyl groups is 1. The Balaban J connectivity index is 2.32. The molecule has 0 amide bonds. The highest BCUT2D eigenvalue weighted by atomic mass is 79.9. The van der Waals surface area contributed by atoms with E-state index in [1.165, 1.54) is 0 Å². The number of halogens is 1. The van der Waals surface area contributed by atoms with Crippen LogP contribution in [0.25, 0.3) is 22.3 Å². The highest BCUT2D eigenvalue weighted by Gasteiger charge is 2.13. The van der Waals surface area contributed by atoms with Crippen molar-refractivity contribution in [3.05, 3.63) is 50.9 Å². The van der Waals surface area contributed by atoms with Gasteiger partial charge in [-0.25, -0.2) is 0 Å². The maximum atomic E-state index is 12.0. The van der Waals surface area contributed by atoms with Gasteiger partial charge in [0.1, 0.15) is 5.82 Å². The fraction of sp³-hybridized carbons (Fsp3) is 0.133. The summed E-state index contributed by atoms with van der Waals surface area (Å²) in [5.41, 5.74) is 1.34. The molecule has 0 spiro atoms. The molecule has 0 saturated carbocycles. The van der Waals surface area contributed by atoms with E-state index in [9.17, 15) is 9.90 Å². The van der Waals surface area contributed by atoms with Gasteiger partial charge in [-0.2, -0.15) is 4.98 Å². The molecule has 0 unspecified atom stereocenters. The number of nitrogens with one attached hydrogen (secondary N) is 1. The first-order chi connectivity index (χ1) is 10.1. The lowest BCUT2D eigenvalue weighted by molar-refractivity contribution is 0.444. The Morgan fingerprint density at radius 1 is 1.33 bits per heavy atom. The molecule has 0 aliphatic carbocycles. The molecule has 0 aliphatic heterocycles. The Labute approximate surface area is 128 Å². The average molecular weight is 346 g/mol. The predicted molar refractivity (Wildman–Crippen MR) is 84.3 cm³/mol. The van der Waals surface area contributed by atoms with E-state index in [1.807, 2.05) is 24.3 Å². The number of aromatic amines is 1.